The van der Waals surface area contributed by atoms with E-state index in [4.69, 9.17) is 38.0 Å². The number of amides is 1. The molecule has 0 fully saturated rings. The predicted octanol–water partition coefficient (Wildman–Crippen LogP) is 3.04. The Morgan fingerprint density at radius 1 is 1.18 bits per heavy atom. The van der Waals surface area contributed by atoms with E-state index < -0.39 is 17.8 Å². The highest BCUT2D eigenvalue weighted by molar-refractivity contribution is 7.80. The predicted molar refractivity (Wildman–Crippen MR) is 106 cm³/mol. The number of hydrogen-bond acceptors (Lipinski definition) is 5. The summed E-state index contributed by atoms with van der Waals surface area (Å²) in [5.41, 5.74) is 5.67. The standard InChI is InChI=1S/C18H17ClFN3O4S/c1-10(27-14-4-2-11(20)8-13(14)19)17(24)22-23-18(28)21-12-3-5-15-16(9-12)26-7-6-25-15/h2-5,8-10H,6-7H2,1H3,(H,22,24)(H2,21,23,28)/t10-/m1/s1. The number of rotatable bonds is 4. The van der Waals surface area contributed by atoms with Crippen LogP contribution in [0.3, 0.4) is 0 Å². The van der Waals surface area contributed by atoms with Crippen molar-refractivity contribution in [3.05, 3.63) is 47.2 Å². The fourth-order valence-corrected chi connectivity index (χ4v) is 2.70. The number of fused-ring (bicyclic) bond motifs is 1. The van der Waals surface area contributed by atoms with Crippen LogP contribution in [0.25, 0.3) is 0 Å². The van der Waals surface area contributed by atoms with Gasteiger partial charge in [0.05, 0.1) is 5.02 Å². The highest BCUT2D eigenvalue weighted by Gasteiger charge is 2.17. The molecule has 1 atom stereocenters. The van der Waals surface area contributed by atoms with Crippen molar-refractivity contribution >= 4 is 40.5 Å². The number of thiocarbonyl (C=S) groups is 1. The molecular weight excluding hydrogens is 409 g/mol. The second kappa shape index (κ2) is 8.94. The highest BCUT2D eigenvalue weighted by Crippen LogP contribution is 2.32. The van der Waals surface area contributed by atoms with Gasteiger partial charge in [-0.1, -0.05) is 11.6 Å². The highest BCUT2D eigenvalue weighted by atomic mass is 35.5. The van der Waals surface area contributed by atoms with Crippen LogP contribution in [-0.2, 0) is 4.79 Å². The van der Waals surface area contributed by atoms with Crippen molar-refractivity contribution in [3.63, 3.8) is 0 Å². The number of hydrogen-bond donors (Lipinski definition) is 3. The molecule has 0 radical (unpaired) electrons. The van der Waals surface area contributed by atoms with Gasteiger partial charge in [0.2, 0.25) is 0 Å². The summed E-state index contributed by atoms with van der Waals surface area (Å²) in [6.07, 6.45) is -0.896. The molecule has 0 unspecified atom stereocenters. The van der Waals surface area contributed by atoms with Crippen LogP contribution in [0.4, 0.5) is 10.1 Å². The number of benzene rings is 2. The molecule has 0 spiro atoms. The third-order valence-electron chi connectivity index (χ3n) is 3.67. The normalized spacial score (nSPS) is 13.2. The summed E-state index contributed by atoms with van der Waals surface area (Å²) in [6.45, 7) is 2.51. The molecule has 1 heterocycles. The van der Waals surface area contributed by atoms with Crippen molar-refractivity contribution in [1.82, 2.24) is 10.9 Å². The second-order valence-electron chi connectivity index (χ2n) is 5.76. The Labute approximate surface area is 171 Å². The van der Waals surface area contributed by atoms with Gasteiger partial charge in [0.25, 0.3) is 5.91 Å². The fourth-order valence-electron chi connectivity index (χ4n) is 2.32. The lowest BCUT2D eigenvalue weighted by Crippen LogP contribution is -2.48. The van der Waals surface area contributed by atoms with Gasteiger partial charge < -0.3 is 19.5 Å². The van der Waals surface area contributed by atoms with Crippen molar-refractivity contribution in [2.24, 2.45) is 0 Å². The number of anilines is 1. The number of nitrogens with one attached hydrogen (secondary N) is 3. The average Bonchev–Trinajstić information content (AvgIpc) is 2.68. The zero-order valence-electron chi connectivity index (χ0n) is 14.8. The monoisotopic (exact) mass is 425 g/mol. The third-order valence-corrected chi connectivity index (χ3v) is 4.17. The molecule has 1 aliphatic heterocycles. The minimum Gasteiger partial charge on any atom is -0.486 e. The van der Waals surface area contributed by atoms with Gasteiger partial charge in [-0.2, -0.15) is 0 Å². The van der Waals surface area contributed by atoms with E-state index >= 15 is 0 Å². The van der Waals surface area contributed by atoms with E-state index in [2.05, 4.69) is 16.2 Å². The molecule has 2 aromatic rings. The lowest BCUT2D eigenvalue weighted by Gasteiger charge is -2.20. The third kappa shape index (κ3) is 5.14. The fraction of sp³-hybridized carbons (Fsp3) is 0.222. The number of hydrazine groups is 1. The first-order chi connectivity index (χ1) is 13.4. The molecule has 0 aliphatic carbocycles. The van der Waals surface area contributed by atoms with E-state index in [0.29, 0.717) is 30.4 Å². The number of ether oxygens (including phenoxy) is 3. The summed E-state index contributed by atoms with van der Waals surface area (Å²) in [5.74, 6) is 0.483. The molecule has 10 heteroatoms. The molecule has 1 amide bonds. The summed E-state index contributed by atoms with van der Waals surface area (Å²) in [5, 5.41) is 3.15. The first-order valence-electron chi connectivity index (χ1n) is 8.30. The van der Waals surface area contributed by atoms with Gasteiger partial charge in [-0.3, -0.25) is 15.6 Å². The molecule has 1 aliphatic rings. The minimum absolute atomic E-state index is 0.0726. The van der Waals surface area contributed by atoms with E-state index in [1.54, 1.807) is 18.2 Å². The summed E-state index contributed by atoms with van der Waals surface area (Å²) in [4.78, 5) is 12.1. The molecule has 7 nitrogen and oxygen atoms in total. The Morgan fingerprint density at radius 3 is 2.68 bits per heavy atom. The van der Waals surface area contributed by atoms with Crippen molar-refractivity contribution in [2.75, 3.05) is 18.5 Å². The van der Waals surface area contributed by atoms with Crippen molar-refractivity contribution in [3.8, 4) is 17.2 Å². The van der Waals surface area contributed by atoms with Gasteiger partial charge in [-0.25, -0.2) is 4.39 Å². The maximum absolute atomic E-state index is 13.1. The lowest BCUT2D eigenvalue weighted by molar-refractivity contribution is -0.127. The van der Waals surface area contributed by atoms with E-state index in [-0.39, 0.29) is 15.9 Å². The quantitative estimate of drug-likeness (QED) is 0.513. The molecule has 3 N–H and O–H groups in total. The number of halogens is 2. The first-order valence-corrected chi connectivity index (χ1v) is 9.09. The van der Waals surface area contributed by atoms with E-state index in [9.17, 15) is 9.18 Å². The van der Waals surface area contributed by atoms with Crippen molar-refractivity contribution < 1.29 is 23.4 Å². The zero-order chi connectivity index (χ0) is 20.1. The Morgan fingerprint density at radius 2 is 1.93 bits per heavy atom. The van der Waals surface area contributed by atoms with Crippen LogP contribution in [0.5, 0.6) is 17.2 Å². The average molecular weight is 426 g/mol. The van der Waals surface area contributed by atoms with Gasteiger partial charge in [0, 0.05) is 11.8 Å². The molecular formula is C18H17ClFN3O4S. The Balaban J connectivity index is 1.49. The van der Waals surface area contributed by atoms with Crippen molar-refractivity contribution in [2.45, 2.75) is 13.0 Å². The molecule has 28 heavy (non-hydrogen) atoms. The van der Waals surface area contributed by atoms with Crippen LogP contribution >= 0.6 is 23.8 Å². The molecule has 0 aromatic heterocycles. The molecule has 0 bridgehead atoms. The van der Waals surface area contributed by atoms with Gasteiger partial charge in [0.15, 0.2) is 22.7 Å². The van der Waals surface area contributed by atoms with Crippen LogP contribution in [0, 0.1) is 5.82 Å². The van der Waals surface area contributed by atoms with Crippen molar-refractivity contribution in [1.29, 1.82) is 0 Å². The Kier molecular flexibility index (Phi) is 6.37. The maximum Gasteiger partial charge on any atom is 0.279 e. The second-order valence-corrected chi connectivity index (χ2v) is 6.58. The SMILES string of the molecule is C[C@@H](Oc1ccc(F)cc1Cl)C(=O)NNC(=S)Nc1ccc2c(c1)OCCO2. The maximum atomic E-state index is 13.1. The molecule has 0 saturated carbocycles. The van der Waals surface area contributed by atoms with Gasteiger partial charge in [-0.15, -0.1) is 0 Å². The molecule has 3 rings (SSSR count). The smallest absolute Gasteiger partial charge is 0.279 e. The molecule has 148 valence electrons. The summed E-state index contributed by atoms with van der Waals surface area (Å²) in [6, 6.07) is 8.92. The number of carbonyl (C=O) groups excluding carboxylic acids is 1. The summed E-state index contributed by atoms with van der Waals surface area (Å²) in [7, 11) is 0. The summed E-state index contributed by atoms with van der Waals surface area (Å²) >= 11 is 11.0. The Bertz CT molecular complexity index is 899. The topological polar surface area (TPSA) is 80.9 Å². The van der Waals surface area contributed by atoms with Crippen LogP contribution in [0.1, 0.15) is 6.92 Å². The van der Waals surface area contributed by atoms with Crippen LogP contribution < -0.4 is 30.4 Å². The largest absolute Gasteiger partial charge is 0.486 e. The Hall–Kier alpha value is -2.78. The molecule has 2 aromatic carbocycles. The van der Waals surface area contributed by atoms with E-state index in [1.165, 1.54) is 19.1 Å². The molecule has 0 saturated heterocycles. The first kappa shape index (κ1) is 20.0. The lowest BCUT2D eigenvalue weighted by atomic mass is 10.2. The zero-order valence-corrected chi connectivity index (χ0v) is 16.3. The summed E-state index contributed by atoms with van der Waals surface area (Å²) < 4.78 is 29.4. The van der Waals surface area contributed by atoms with Crippen LogP contribution in [0.15, 0.2) is 36.4 Å². The van der Waals surface area contributed by atoms with Gasteiger partial charge >= 0.3 is 0 Å². The van der Waals surface area contributed by atoms with Gasteiger partial charge in [-0.05, 0) is 49.5 Å². The number of carbonyl (C=O) groups is 1. The van der Waals surface area contributed by atoms with Gasteiger partial charge in [0.1, 0.15) is 24.8 Å². The van der Waals surface area contributed by atoms with E-state index in [1.807, 2.05) is 0 Å². The van der Waals surface area contributed by atoms with Crippen LogP contribution in [0.2, 0.25) is 5.02 Å². The van der Waals surface area contributed by atoms with Crippen LogP contribution in [-0.4, -0.2) is 30.3 Å². The minimum atomic E-state index is -0.896. The van der Waals surface area contributed by atoms with E-state index in [0.717, 1.165) is 6.07 Å².